The van der Waals surface area contributed by atoms with Crippen molar-refractivity contribution in [2.45, 2.75) is 0 Å². The van der Waals surface area contributed by atoms with Gasteiger partial charge in [0, 0.05) is 10.7 Å². The lowest BCUT2D eigenvalue weighted by Crippen LogP contribution is -2.32. The lowest BCUT2D eigenvalue weighted by atomic mass is 10.2. The number of rotatable bonds is 4. The van der Waals surface area contributed by atoms with Gasteiger partial charge in [0.05, 0.1) is 20.3 Å². The van der Waals surface area contributed by atoms with Crippen molar-refractivity contribution in [3.63, 3.8) is 0 Å². The molecule has 3 aromatic carbocycles. The highest BCUT2D eigenvalue weighted by Crippen LogP contribution is 2.25. The summed E-state index contributed by atoms with van der Waals surface area (Å²) in [7, 11) is 0. The molecule has 0 saturated carbocycles. The highest BCUT2D eigenvalue weighted by Gasteiger charge is 2.17. The maximum Gasteiger partial charge on any atom is 0.273 e. The van der Waals surface area contributed by atoms with Crippen LogP contribution in [0.1, 0.15) is 5.56 Å². The van der Waals surface area contributed by atoms with Gasteiger partial charge in [0.25, 0.3) is 11.5 Å². The number of carbonyl (C=O) groups is 1. The quantitative estimate of drug-likeness (QED) is 0.407. The molecule has 9 heteroatoms. The summed E-state index contributed by atoms with van der Waals surface area (Å²) in [6.45, 7) is 0. The fourth-order valence-corrected chi connectivity index (χ4v) is 4.66. The molecule has 4 aromatic rings. The molecule has 0 saturated heterocycles. The number of halogens is 3. The van der Waals surface area contributed by atoms with Gasteiger partial charge in [-0.2, -0.15) is 5.26 Å². The third kappa shape index (κ3) is 5.09. The summed E-state index contributed by atoms with van der Waals surface area (Å²) in [5.41, 5.74) is 1.09. The number of benzene rings is 3. The molecular formula is C25H14Cl3N3O2S. The second kappa shape index (κ2) is 10.3. The molecule has 4 rings (SSSR count). The molecule has 1 N–H and O–H groups in total. The Kier molecular flexibility index (Phi) is 7.20. The van der Waals surface area contributed by atoms with E-state index in [1.165, 1.54) is 16.7 Å². The van der Waals surface area contributed by atoms with Crippen LogP contribution in [0, 0.1) is 11.3 Å². The van der Waals surface area contributed by atoms with E-state index in [2.05, 4.69) is 5.32 Å². The minimum Gasteiger partial charge on any atom is -0.321 e. The van der Waals surface area contributed by atoms with Gasteiger partial charge in [-0.25, -0.2) is 0 Å². The Balaban J connectivity index is 1.93. The molecule has 0 spiro atoms. The van der Waals surface area contributed by atoms with Gasteiger partial charge < -0.3 is 5.32 Å². The third-order valence-electron chi connectivity index (χ3n) is 4.74. The van der Waals surface area contributed by atoms with E-state index < -0.39 is 5.91 Å². The van der Waals surface area contributed by atoms with E-state index >= 15 is 0 Å². The van der Waals surface area contributed by atoms with Crippen molar-refractivity contribution in [3.05, 3.63) is 113 Å². The van der Waals surface area contributed by atoms with Crippen molar-refractivity contribution in [3.8, 4) is 11.8 Å². The number of nitriles is 1. The normalized spacial score (nSPS) is 12.2. The predicted octanol–water partition coefficient (Wildman–Crippen LogP) is 5.00. The van der Waals surface area contributed by atoms with Crippen LogP contribution in [0.25, 0.3) is 17.3 Å². The summed E-state index contributed by atoms with van der Waals surface area (Å²) in [5.74, 6) is -0.676. The van der Waals surface area contributed by atoms with E-state index in [1.54, 1.807) is 60.7 Å². The number of hydrogen-bond donors (Lipinski definition) is 1. The van der Waals surface area contributed by atoms with E-state index in [4.69, 9.17) is 34.8 Å². The summed E-state index contributed by atoms with van der Waals surface area (Å²) in [6.07, 6.45) is 1.69. The van der Waals surface area contributed by atoms with Crippen LogP contribution in [0.5, 0.6) is 0 Å². The fourth-order valence-electron chi connectivity index (χ4n) is 3.14. The Bertz CT molecular complexity index is 1600. The number of nitrogens with zero attached hydrogens (tertiary/aromatic N) is 2. The second-order valence-corrected chi connectivity index (χ2v) is 9.29. The molecule has 0 fully saturated rings. The van der Waals surface area contributed by atoms with E-state index in [0.717, 1.165) is 16.9 Å². The van der Waals surface area contributed by atoms with Crippen LogP contribution in [0.2, 0.25) is 15.1 Å². The number of aromatic nitrogens is 1. The van der Waals surface area contributed by atoms with E-state index in [9.17, 15) is 14.9 Å². The minimum atomic E-state index is -0.676. The van der Waals surface area contributed by atoms with E-state index in [1.807, 2.05) is 12.1 Å². The molecule has 0 aliphatic heterocycles. The number of hydrogen-bond acceptors (Lipinski definition) is 4. The smallest absolute Gasteiger partial charge is 0.273 e. The van der Waals surface area contributed by atoms with Crippen molar-refractivity contribution in [2.75, 3.05) is 5.32 Å². The first kappa shape index (κ1) is 23.8. The van der Waals surface area contributed by atoms with Crippen LogP contribution in [0.3, 0.4) is 0 Å². The summed E-state index contributed by atoms with van der Waals surface area (Å²) in [4.78, 5) is 26.4. The SMILES string of the molecule is N#C/C(C(=O)Nc1ccc(Cl)c(Cl)c1)=c1/s/c(=C/c2ccc(Cl)cc2)c(=O)n1-c1ccccc1. The van der Waals surface area contributed by atoms with Crippen LogP contribution in [0.4, 0.5) is 5.69 Å². The molecule has 5 nitrogen and oxygen atoms in total. The summed E-state index contributed by atoms with van der Waals surface area (Å²) in [6, 6.07) is 22.3. The third-order valence-corrected chi connectivity index (χ3v) is 6.82. The molecule has 0 aliphatic rings. The van der Waals surface area contributed by atoms with Gasteiger partial charge in [-0.3, -0.25) is 14.2 Å². The minimum absolute atomic E-state index is 0.205. The molecule has 0 bridgehead atoms. The standard InChI is InChI=1S/C25H14Cl3N3O2S/c26-16-8-6-15(7-9-16)12-22-24(33)31(18-4-2-1-3-5-18)25(34-22)19(14-29)23(32)30-17-10-11-20(27)21(28)13-17/h1-13H,(H,30,32)/b22-12+,25-19-. The number of para-hydroxylation sites is 1. The molecule has 1 aromatic heterocycles. The maximum atomic E-state index is 13.4. The zero-order valence-corrected chi connectivity index (χ0v) is 20.3. The summed E-state index contributed by atoms with van der Waals surface area (Å²) < 4.78 is 1.92. The molecule has 0 aliphatic carbocycles. The number of nitrogens with one attached hydrogen (secondary N) is 1. The molecule has 0 radical (unpaired) electrons. The first-order chi connectivity index (χ1) is 16.4. The predicted molar refractivity (Wildman–Crippen MR) is 138 cm³/mol. The zero-order valence-electron chi connectivity index (χ0n) is 17.3. The van der Waals surface area contributed by atoms with Crippen LogP contribution in [-0.4, -0.2) is 10.5 Å². The Morgan fingerprint density at radius 3 is 2.32 bits per heavy atom. The Morgan fingerprint density at radius 2 is 1.68 bits per heavy atom. The highest BCUT2D eigenvalue weighted by atomic mass is 35.5. The summed E-state index contributed by atoms with van der Waals surface area (Å²) in [5, 5.41) is 13.7. The summed E-state index contributed by atoms with van der Waals surface area (Å²) >= 11 is 19.0. The average molecular weight is 527 g/mol. The van der Waals surface area contributed by atoms with Crippen molar-refractivity contribution >= 4 is 69.4 Å². The lowest BCUT2D eigenvalue weighted by molar-refractivity contribution is -0.111. The van der Waals surface area contributed by atoms with Crippen molar-refractivity contribution in [1.82, 2.24) is 4.57 Å². The van der Waals surface area contributed by atoms with Crippen LogP contribution in [0.15, 0.2) is 77.6 Å². The van der Waals surface area contributed by atoms with E-state index in [-0.39, 0.29) is 20.8 Å². The number of amides is 1. The van der Waals surface area contributed by atoms with Gasteiger partial charge in [-0.1, -0.05) is 65.1 Å². The molecule has 0 atom stereocenters. The first-order valence-electron chi connectivity index (χ1n) is 9.83. The van der Waals surface area contributed by atoms with Crippen LogP contribution < -0.4 is 20.1 Å². The number of carbonyl (C=O) groups excluding carboxylic acids is 1. The average Bonchev–Trinajstić information content (AvgIpc) is 3.14. The molecule has 0 unspecified atom stereocenters. The Labute approximate surface area is 213 Å². The largest absolute Gasteiger partial charge is 0.321 e. The van der Waals surface area contributed by atoms with Crippen LogP contribution >= 0.6 is 46.1 Å². The highest BCUT2D eigenvalue weighted by molar-refractivity contribution is 7.07. The molecule has 1 heterocycles. The van der Waals surface area contributed by atoms with Gasteiger partial charge in [0.2, 0.25) is 0 Å². The van der Waals surface area contributed by atoms with Crippen molar-refractivity contribution in [2.24, 2.45) is 0 Å². The number of anilines is 1. The molecule has 34 heavy (non-hydrogen) atoms. The monoisotopic (exact) mass is 525 g/mol. The lowest BCUT2D eigenvalue weighted by Gasteiger charge is -2.06. The molecule has 1 amide bonds. The zero-order chi connectivity index (χ0) is 24.2. The van der Waals surface area contributed by atoms with Crippen molar-refractivity contribution in [1.29, 1.82) is 5.26 Å². The van der Waals surface area contributed by atoms with Crippen molar-refractivity contribution < 1.29 is 4.79 Å². The Hall–Kier alpha value is -3.34. The van der Waals surface area contributed by atoms with E-state index in [0.29, 0.717) is 26.0 Å². The van der Waals surface area contributed by atoms with Gasteiger partial charge in [0.1, 0.15) is 10.7 Å². The van der Waals surface area contributed by atoms with Crippen LogP contribution in [-0.2, 0) is 4.79 Å². The molecule has 168 valence electrons. The Morgan fingerprint density at radius 1 is 0.971 bits per heavy atom. The first-order valence-corrected chi connectivity index (χ1v) is 11.8. The van der Waals surface area contributed by atoms with Gasteiger partial charge in [-0.15, -0.1) is 11.3 Å². The van der Waals surface area contributed by atoms with Gasteiger partial charge >= 0.3 is 0 Å². The fraction of sp³-hybridized carbons (Fsp3) is 0. The van der Waals surface area contributed by atoms with Gasteiger partial charge in [0.15, 0.2) is 5.57 Å². The second-order valence-electron chi connectivity index (χ2n) is 7.01. The number of thiazole rings is 1. The maximum absolute atomic E-state index is 13.4. The van der Waals surface area contributed by atoms with Gasteiger partial charge in [-0.05, 0) is 54.1 Å². The topological polar surface area (TPSA) is 74.9 Å². The molecular weight excluding hydrogens is 513 g/mol.